The van der Waals surface area contributed by atoms with Crippen LogP contribution in [0.1, 0.15) is 50.6 Å². The van der Waals surface area contributed by atoms with E-state index in [1.165, 1.54) is 25.3 Å². The topological polar surface area (TPSA) is 12.0 Å². The zero-order chi connectivity index (χ0) is 12.7. The molecule has 0 bridgehead atoms. The van der Waals surface area contributed by atoms with Crippen LogP contribution in [0, 0.1) is 5.82 Å². The van der Waals surface area contributed by atoms with Gasteiger partial charge in [-0.25, -0.2) is 4.39 Å². The number of benzene rings is 1. The van der Waals surface area contributed by atoms with E-state index in [1.54, 1.807) is 12.1 Å². The maximum absolute atomic E-state index is 13.7. The molecule has 0 spiro atoms. The van der Waals surface area contributed by atoms with Crippen molar-refractivity contribution >= 4 is 11.6 Å². The summed E-state index contributed by atoms with van der Waals surface area (Å²) in [6.45, 7) is 2.18. The van der Waals surface area contributed by atoms with E-state index in [0.717, 1.165) is 12.8 Å². The highest BCUT2D eigenvalue weighted by atomic mass is 35.5. The van der Waals surface area contributed by atoms with Gasteiger partial charge in [-0.3, -0.25) is 0 Å². The molecule has 0 radical (unpaired) electrons. The summed E-state index contributed by atoms with van der Waals surface area (Å²) in [6.07, 6.45) is 5.67. The quantitative estimate of drug-likeness (QED) is 0.698. The first-order chi connectivity index (χ1) is 8.20. The molecule has 0 aliphatic carbocycles. The van der Waals surface area contributed by atoms with Gasteiger partial charge < -0.3 is 5.32 Å². The molecule has 0 aromatic heterocycles. The molecule has 17 heavy (non-hydrogen) atoms. The van der Waals surface area contributed by atoms with Crippen molar-refractivity contribution in [3.05, 3.63) is 34.6 Å². The summed E-state index contributed by atoms with van der Waals surface area (Å²) in [6, 6.07) is 4.87. The van der Waals surface area contributed by atoms with Crippen LogP contribution < -0.4 is 5.32 Å². The maximum atomic E-state index is 13.7. The van der Waals surface area contributed by atoms with Gasteiger partial charge in [0.25, 0.3) is 0 Å². The zero-order valence-electron chi connectivity index (χ0n) is 10.6. The Hall–Kier alpha value is -0.600. The molecule has 1 N–H and O–H groups in total. The normalized spacial score (nSPS) is 12.7. The second-order valence-corrected chi connectivity index (χ2v) is 4.73. The Morgan fingerprint density at radius 2 is 2.06 bits per heavy atom. The van der Waals surface area contributed by atoms with Gasteiger partial charge in [0.05, 0.1) is 0 Å². The molecule has 1 aromatic carbocycles. The highest BCUT2D eigenvalue weighted by Gasteiger charge is 2.16. The molecule has 3 heteroatoms. The predicted octanol–water partition coefficient (Wildman–Crippen LogP) is 4.71. The van der Waals surface area contributed by atoms with Gasteiger partial charge in [-0.2, -0.15) is 0 Å². The van der Waals surface area contributed by atoms with E-state index in [4.69, 9.17) is 11.6 Å². The van der Waals surface area contributed by atoms with Crippen molar-refractivity contribution in [2.24, 2.45) is 0 Å². The van der Waals surface area contributed by atoms with E-state index < -0.39 is 0 Å². The molecule has 1 rings (SSSR count). The molecular weight excluding hydrogens is 237 g/mol. The van der Waals surface area contributed by atoms with Crippen LogP contribution in [0.2, 0.25) is 5.02 Å². The fraction of sp³-hybridized carbons (Fsp3) is 0.571. The van der Waals surface area contributed by atoms with Crippen LogP contribution in [0.5, 0.6) is 0 Å². The highest BCUT2D eigenvalue weighted by Crippen LogP contribution is 2.29. The minimum atomic E-state index is -0.215. The molecule has 1 aromatic rings. The third-order valence-electron chi connectivity index (χ3n) is 3.04. The molecular formula is C14H21ClFN. The van der Waals surface area contributed by atoms with Gasteiger partial charge in [-0.15, -0.1) is 0 Å². The molecule has 0 heterocycles. The molecule has 0 saturated heterocycles. The SMILES string of the molecule is CCCCCCC(NC)c1c(F)cccc1Cl. The van der Waals surface area contributed by atoms with Crippen molar-refractivity contribution in [1.29, 1.82) is 0 Å². The molecule has 1 atom stereocenters. The highest BCUT2D eigenvalue weighted by molar-refractivity contribution is 6.31. The summed E-state index contributed by atoms with van der Waals surface area (Å²) < 4.78 is 13.7. The second kappa shape index (κ2) is 7.67. The first-order valence-corrected chi connectivity index (χ1v) is 6.69. The number of hydrogen-bond acceptors (Lipinski definition) is 1. The summed E-state index contributed by atoms with van der Waals surface area (Å²) in [5.74, 6) is -0.215. The van der Waals surface area contributed by atoms with E-state index in [2.05, 4.69) is 12.2 Å². The first-order valence-electron chi connectivity index (χ1n) is 6.31. The Morgan fingerprint density at radius 3 is 2.65 bits per heavy atom. The third-order valence-corrected chi connectivity index (χ3v) is 3.37. The lowest BCUT2D eigenvalue weighted by Gasteiger charge is -2.18. The largest absolute Gasteiger partial charge is 0.313 e. The molecule has 1 nitrogen and oxygen atoms in total. The number of rotatable bonds is 7. The number of unbranched alkanes of at least 4 members (excludes halogenated alkanes) is 3. The van der Waals surface area contributed by atoms with E-state index in [-0.39, 0.29) is 11.9 Å². The van der Waals surface area contributed by atoms with Crippen molar-refractivity contribution in [1.82, 2.24) is 5.32 Å². The Morgan fingerprint density at radius 1 is 1.29 bits per heavy atom. The molecule has 0 aliphatic heterocycles. The molecule has 0 fully saturated rings. The monoisotopic (exact) mass is 257 g/mol. The lowest BCUT2D eigenvalue weighted by atomic mass is 9.99. The van der Waals surface area contributed by atoms with Gasteiger partial charge in [0.2, 0.25) is 0 Å². The van der Waals surface area contributed by atoms with Crippen LogP contribution in [0.3, 0.4) is 0 Å². The summed E-state index contributed by atoms with van der Waals surface area (Å²) in [5, 5.41) is 3.67. The van der Waals surface area contributed by atoms with Crippen molar-refractivity contribution in [2.45, 2.75) is 45.1 Å². The average Bonchev–Trinajstić information content (AvgIpc) is 2.31. The van der Waals surface area contributed by atoms with E-state index >= 15 is 0 Å². The van der Waals surface area contributed by atoms with E-state index in [1.807, 2.05) is 7.05 Å². The van der Waals surface area contributed by atoms with Crippen molar-refractivity contribution in [2.75, 3.05) is 7.05 Å². The number of halogens is 2. The van der Waals surface area contributed by atoms with Crippen molar-refractivity contribution < 1.29 is 4.39 Å². The minimum absolute atomic E-state index is 0.0144. The van der Waals surface area contributed by atoms with E-state index in [9.17, 15) is 4.39 Å². The summed E-state index contributed by atoms with van der Waals surface area (Å²) in [7, 11) is 1.85. The number of hydrogen-bond donors (Lipinski definition) is 1. The lowest BCUT2D eigenvalue weighted by Crippen LogP contribution is -2.18. The van der Waals surface area contributed by atoms with Crippen LogP contribution in [-0.2, 0) is 0 Å². The fourth-order valence-electron chi connectivity index (χ4n) is 2.05. The molecule has 0 aliphatic rings. The number of nitrogens with one attached hydrogen (secondary N) is 1. The van der Waals surface area contributed by atoms with Crippen molar-refractivity contribution in [3.8, 4) is 0 Å². The predicted molar refractivity (Wildman–Crippen MR) is 72.0 cm³/mol. The van der Waals surface area contributed by atoms with Gasteiger partial charge >= 0.3 is 0 Å². The van der Waals surface area contributed by atoms with Crippen LogP contribution in [0.4, 0.5) is 4.39 Å². The second-order valence-electron chi connectivity index (χ2n) is 4.33. The summed E-state index contributed by atoms with van der Waals surface area (Å²) in [5.41, 5.74) is 0.605. The van der Waals surface area contributed by atoms with Crippen LogP contribution in [0.15, 0.2) is 18.2 Å². The van der Waals surface area contributed by atoms with Gasteiger partial charge in [0.1, 0.15) is 5.82 Å². The molecule has 96 valence electrons. The van der Waals surface area contributed by atoms with Gasteiger partial charge in [0, 0.05) is 16.6 Å². The minimum Gasteiger partial charge on any atom is -0.313 e. The van der Waals surface area contributed by atoms with E-state index in [0.29, 0.717) is 10.6 Å². The molecule has 0 saturated carbocycles. The summed E-state index contributed by atoms with van der Waals surface area (Å²) in [4.78, 5) is 0. The lowest BCUT2D eigenvalue weighted by molar-refractivity contribution is 0.481. The van der Waals surface area contributed by atoms with Crippen molar-refractivity contribution in [3.63, 3.8) is 0 Å². The molecule has 0 amide bonds. The smallest absolute Gasteiger partial charge is 0.129 e. The van der Waals surface area contributed by atoms with Gasteiger partial charge in [-0.05, 0) is 25.6 Å². The zero-order valence-corrected chi connectivity index (χ0v) is 11.4. The maximum Gasteiger partial charge on any atom is 0.129 e. The van der Waals surface area contributed by atoms with Gasteiger partial charge in [0.15, 0.2) is 0 Å². The standard InChI is InChI=1S/C14H21ClFN/c1-3-4-5-6-10-13(17-2)14-11(15)8-7-9-12(14)16/h7-9,13,17H,3-6,10H2,1-2H3. The van der Waals surface area contributed by atoms with Crippen LogP contribution in [-0.4, -0.2) is 7.05 Å². The van der Waals surface area contributed by atoms with Gasteiger partial charge in [-0.1, -0.05) is 50.3 Å². The Kier molecular flexibility index (Phi) is 6.53. The Balaban J connectivity index is 2.66. The fourth-order valence-corrected chi connectivity index (χ4v) is 2.35. The molecule has 1 unspecified atom stereocenters. The first kappa shape index (κ1) is 14.5. The average molecular weight is 258 g/mol. The third kappa shape index (κ3) is 4.29. The van der Waals surface area contributed by atoms with Crippen LogP contribution in [0.25, 0.3) is 0 Å². The Bertz CT molecular complexity index is 321. The summed E-state index contributed by atoms with van der Waals surface area (Å²) >= 11 is 6.06. The van der Waals surface area contributed by atoms with Crippen LogP contribution >= 0.6 is 11.6 Å². The Labute approximate surface area is 108 Å².